The Labute approximate surface area is 80.0 Å². The summed E-state index contributed by atoms with van der Waals surface area (Å²) < 4.78 is 5.49. The molecule has 1 nitrogen and oxygen atoms in total. The van der Waals surface area contributed by atoms with Gasteiger partial charge < -0.3 is 4.74 Å². The fourth-order valence-electron chi connectivity index (χ4n) is 1.18. The van der Waals surface area contributed by atoms with Crippen LogP contribution in [0.2, 0.25) is 0 Å². The first-order valence-electron chi connectivity index (χ1n) is 4.54. The minimum atomic E-state index is 0.709. The Hall–Kier alpha value is -1.24. The average molecular weight is 176 g/mol. The van der Waals surface area contributed by atoms with E-state index in [0.717, 1.165) is 16.9 Å². The van der Waals surface area contributed by atoms with Crippen molar-refractivity contribution in [2.75, 3.05) is 6.61 Å². The summed E-state index contributed by atoms with van der Waals surface area (Å²) in [5.41, 5.74) is 3.39. The van der Waals surface area contributed by atoms with Crippen molar-refractivity contribution in [3.8, 4) is 5.75 Å². The van der Waals surface area contributed by atoms with Gasteiger partial charge in [-0.1, -0.05) is 24.3 Å². The number of allylic oxidation sites excluding steroid dienone is 1. The van der Waals surface area contributed by atoms with Crippen LogP contribution in [0, 0.1) is 6.92 Å². The minimum absolute atomic E-state index is 0.709. The molecule has 0 unspecified atom stereocenters. The Bertz CT molecular complexity index is 313. The molecule has 1 heteroatoms. The van der Waals surface area contributed by atoms with Gasteiger partial charge >= 0.3 is 0 Å². The lowest BCUT2D eigenvalue weighted by molar-refractivity contribution is 0.338. The minimum Gasteiger partial charge on any atom is -0.494 e. The lowest BCUT2D eigenvalue weighted by atomic mass is 10.1. The molecule has 0 aliphatic carbocycles. The van der Waals surface area contributed by atoms with Crippen molar-refractivity contribution in [2.45, 2.75) is 20.8 Å². The van der Waals surface area contributed by atoms with Gasteiger partial charge in [-0.05, 0) is 38.0 Å². The van der Waals surface area contributed by atoms with Crippen LogP contribution in [0.3, 0.4) is 0 Å². The predicted molar refractivity (Wildman–Crippen MR) is 57.1 cm³/mol. The van der Waals surface area contributed by atoms with E-state index in [1.807, 2.05) is 26.8 Å². The normalized spacial score (nSPS) is 9.77. The van der Waals surface area contributed by atoms with E-state index in [2.05, 4.69) is 18.7 Å². The van der Waals surface area contributed by atoms with Crippen molar-refractivity contribution in [1.82, 2.24) is 0 Å². The van der Waals surface area contributed by atoms with Crippen molar-refractivity contribution >= 4 is 5.57 Å². The summed E-state index contributed by atoms with van der Waals surface area (Å²) in [4.78, 5) is 0. The van der Waals surface area contributed by atoms with Crippen LogP contribution in [0.1, 0.15) is 25.0 Å². The van der Waals surface area contributed by atoms with Gasteiger partial charge in [0.25, 0.3) is 0 Å². The van der Waals surface area contributed by atoms with Gasteiger partial charge in [0.05, 0.1) is 6.61 Å². The second-order valence-electron chi connectivity index (χ2n) is 3.19. The summed E-state index contributed by atoms with van der Waals surface area (Å²) in [5.74, 6) is 0.961. The number of ether oxygens (including phenoxy) is 1. The lowest BCUT2D eigenvalue weighted by Gasteiger charge is -2.08. The zero-order valence-electron chi connectivity index (χ0n) is 8.55. The van der Waals surface area contributed by atoms with Crippen LogP contribution >= 0.6 is 0 Å². The van der Waals surface area contributed by atoms with Gasteiger partial charge in [0.15, 0.2) is 0 Å². The molecule has 0 aromatic heterocycles. The maximum Gasteiger partial charge on any atom is 0.122 e. The van der Waals surface area contributed by atoms with Gasteiger partial charge in [-0.25, -0.2) is 0 Å². The molecular weight excluding hydrogens is 160 g/mol. The molecule has 13 heavy (non-hydrogen) atoms. The van der Waals surface area contributed by atoms with E-state index in [0.29, 0.717) is 6.61 Å². The number of hydrogen-bond donors (Lipinski definition) is 0. The summed E-state index contributed by atoms with van der Waals surface area (Å²) >= 11 is 0. The highest BCUT2D eigenvalue weighted by molar-refractivity contribution is 5.63. The first-order chi connectivity index (χ1) is 6.15. The van der Waals surface area contributed by atoms with Gasteiger partial charge in [0.1, 0.15) is 5.75 Å². The van der Waals surface area contributed by atoms with Crippen LogP contribution in [0.4, 0.5) is 0 Å². The van der Waals surface area contributed by atoms with Crippen LogP contribution in [0.5, 0.6) is 5.75 Å². The maximum atomic E-state index is 5.49. The summed E-state index contributed by atoms with van der Waals surface area (Å²) in [6.07, 6.45) is 0. The van der Waals surface area contributed by atoms with E-state index in [1.165, 1.54) is 5.56 Å². The maximum absolute atomic E-state index is 5.49. The molecule has 0 heterocycles. The standard InChI is InChI=1S/C12H16O/c1-5-13-12-8-11(9(2)3)7-6-10(12)4/h6-8H,2,5H2,1,3-4H3. The summed E-state index contributed by atoms with van der Waals surface area (Å²) in [6.45, 7) is 10.7. The molecule has 0 aliphatic heterocycles. The largest absolute Gasteiger partial charge is 0.494 e. The van der Waals surface area contributed by atoms with Crippen LogP contribution in [-0.2, 0) is 0 Å². The van der Waals surface area contributed by atoms with E-state index >= 15 is 0 Å². The van der Waals surface area contributed by atoms with E-state index in [-0.39, 0.29) is 0 Å². The van der Waals surface area contributed by atoms with E-state index in [4.69, 9.17) is 4.74 Å². The molecule has 0 amide bonds. The van der Waals surface area contributed by atoms with Crippen LogP contribution in [-0.4, -0.2) is 6.61 Å². The molecule has 0 aliphatic rings. The van der Waals surface area contributed by atoms with Crippen LogP contribution in [0.25, 0.3) is 5.57 Å². The van der Waals surface area contributed by atoms with E-state index in [1.54, 1.807) is 0 Å². The summed E-state index contributed by atoms with van der Waals surface area (Å²) in [7, 11) is 0. The third kappa shape index (κ3) is 2.35. The fourth-order valence-corrected chi connectivity index (χ4v) is 1.18. The first-order valence-corrected chi connectivity index (χ1v) is 4.54. The summed E-state index contributed by atoms with van der Waals surface area (Å²) in [5, 5.41) is 0. The Morgan fingerprint density at radius 2 is 2.15 bits per heavy atom. The van der Waals surface area contributed by atoms with Crippen molar-refractivity contribution < 1.29 is 4.74 Å². The predicted octanol–water partition coefficient (Wildman–Crippen LogP) is 3.43. The molecule has 1 rings (SSSR count). The van der Waals surface area contributed by atoms with Gasteiger partial charge in [-0.15, -0.1) is 0 Å². The van der Waals surface area contributed by atoms with Crippen molar-refractivity contribution in [3.63, 3.8) is 0 Å². The average Bonchev–Trinajstić information content (AvgIpc) is 2.08. The molecule has 0 radical (unpaired) electrons. The SMILES string of the molecule is C=C(C)c1ccc(C)c(OCC)c1. The third-order valence-electron chi connectivity index (χ3n) is 1.98. The highest BCUT2D eigenvalue weighted by Gasteiger charge is 2.00. The number of rotatable bonds is 3. The molecule has 0 bridgehead atoms. The van der Waals surface area contributed by atoms with Gasteiger partial charge in [-0.3, -0.25) is 0 Å². The lowest BCUT2D eigenvalue weighted by Crippen LogP contribution is -1.94. The monoisotopic (exact) mass is 176 g/mol. The van der Waals surface area contributed by atoms with Crippen molar-refractivity contribution in [2.24, 2.45) is 0 Å². The zero-order valence-corrected chi connectivity index (χ0v) is 8.55. The van der Waals surface area contributed by atoms with E-state index in [9.17, 15) is 0 Å². The molecule has 1 aromatic carbocycles. The number of benzene rings is 1. The molecule has 0 atom stereocenters. The van der Waals surface area contributed by atoms with Crippen molar-refractivity contribution in [1.29, 1.82) is 0 Å². The van der Waals surface area contributed by atoms with E-state index < -0.39 is 0 Å². The second-order valence-corrected chi connectivity index (χ2v) is 3.19. The Balaban J connectivity index is 3.03. The molecule has 70 valence electrons. The van der Waals surface area contributed by atoms with Crippen LogP contribution < -0.4 is 4.74 Å². The zero-order chi connectivity index (χ0) is 9.84. The Kier molecular flexibility index (Phi) is 3.13. The Morgan fingerprint density at radius 3 is 2.69 bits per heavy atom. The van der Waals surface area contributed by atoms with Gasteiger partial charge in [0, 0.05) is 0 Å². The molecule has 0 spiro atoms. The smallest absolute Gasteiger partial charge is 0.122 e. The van der Waals surface area contributed by atoms with Crippen molar-refractivity contribution in [3.05, 3.63) is 35.9 Å². The molecule has 0 fully saturated rings. The fraction of sp³-hybridized carbons (Fsp3) is 0.333. The topological polar surface area (TPSA) is 9.23 Å². The highest BCUT2D eigenvalue weighted by Crippen LogP contribution is 2.22. The highest BCUT2D eigenvalue weighted by atomic mass is 16.5. The molecular formula is C12H16O. The quantitative estimate of drug-likeness (QED) is 0.685. The second kappa shape index (κ2) is 4.13. The Morgan fingerprint density at radius 1 is 1.46 bits per heavy atom. The first kappa shape index (κ1) is 9.85. The summed E-state index contributed by atoms with van der Waals surface area (Å²) in [6, 6.07) is 6.18. The number of hydrogen-bond acceptors (Lipinski definition) is 1. The molecule has 0 saturated heterocycles. The molecule has 1 aromatic rings. The molecule has 0 N–H and O–H groups in total. The number of aryl methyl sites for hydroxylation is 1. The van der Waals surface area contributed by atoms with Gasteiger partial charge in [-0.2, -0.15) is 0 Å². The molecule has 0 saturated carbocycles. The van der Waals surface area contributed by atoms with Gasteiger partial charge in [0.2, 0.25) is 0 Å². The van der Waals surface area contributed by atoms with Crippen LogP contribution in [0.15, 0.2) is 24.8 Å². The third-order valence-corrected chi connectivity index (χ3v) is 1.98.